The van der Waals surface area contributed by atoms with E-state index in [4.69, 9.17) is 4.74 Å². The molecule has 4 nitrogen and oxygen atoms in total. The summed E-state index contributed by atoms with van der Waals surface area (Å²) in [7, 11) is 0. The van der Waals surface area contributed by atoms with Crippen molar-refractivity contribution in [2.24, 2.45) is 5.92 Å². The third kappa shape index (κ3) is 4.53. The third-order valence-corrected chi connectivity index (χ3v) is 3.48. The minimum atomic E-state index is -0.00868. The average Bonchev–Trinajstić information content (AvgIpc) is 2.67. The summed E-state index contributed by atoms with van der Waals surface area (Å²) in [4.78, 5) is 11.7. The number of amides is 1. The second kappa shape index (κ2) is 7.29. The number of nitrogens with one attached hydrogen (secondary N) is 2. The largest absolute Gasteiger partial charge is 0.382 e. The van der Waals surface area contributed by atoms with Crippen molar-refractivity contribution in [3.05, 3.63) is 24.3 Å². The number of hydrogen-bond donors (Lipinski definition) is 2. The molecule has 4 heteroatoms. The van der Waals surface area contributed by atoms with E-state index < -0.39 is 0 Å². The number of carbonyl (C=O) groups excluding carboxylic acids is 1. The predicted molar refractivity (Wildman–Crippen MR) is 82.0 cm³/mol. The topological polar surface area (TPSA) is 50.4 Å². The highest BCUT2D eigenvalue weighted by molar-refractivity contribution is 5.92. The fourth-order valence-electron chi connectivity index (χ4n) is 2.26. The second-order valence-corrected chi connectivity index (χ2v) is 5.61. The van der Waals surface area contributed by atoms with Gasteiger partial charge in [0.25, 0.3) is 0 Å². The van der Waals surface area contributed by atoms with E-state index in [-0.39, 0.29) is 11.8 Å². The molecule has 1 amide bonds. The summed E-state index contributed by atoms with van der Waals surface area (Å²) in [6.07, 6.45) is 3.26. The van der Waals surface area contributed by atoms with Crippen molar-refractivity contribution in [2.45, 2.75) is 39.2 Å². The van der Waals surface area contributed by atoms with Crippen LogP contribution in [0.2, 0.25) is 0 Å². The van der Waals surface area contributed by atoms with E-state index in [0.29, 0.717) is 6.04 Å². The zero-order valence-corrected chi connectivity index (χ0v) is 12.3. The summed E-state index contributed by atoms with van der Waals surface area (Å²) in [5, 5.41) is 6.46. The summed E-state index contributed by atoms with van der Waals surface area (Å²) in [5.74, 6) is 0.0376. The van der Waals surface area contributed by atoms with E-state index in [1.807, 2.05) is 38.1 Å². The lowest BCUT2D eigenvalue weighted by atomic mass is 10.1. The van der Waals surface area contributed by atoms with Crippen molar-refractivity contribution in [1.29, 1.82) is 0 Å². The SMILES string of the molecule is CC(C)C(=O)Nc1cccc(NC2CCCOCC2)c1. The van der Waals surface area contributed by atoms with E-state index in [2.05, 4.69) is 10.6 Å². The normalized spacial score (nSPS) is 19.4. The van der Waals surface area contributed by atoms with Gasteiger partial charge in [-0.25, -0.2) is 0 Å². The molecule has 1 aromatic rings. The van der Waals surface area contributed by atoms with Crippen LogP contribution in [0.3, 0.4) is 0 Å². The maximum Gasteiger partial charge on any atom is 0.226 e. The Kier molecular flexibility index (Phi) is 5.41. The Morgan fingerprint density at radius 1 is 1.25 bits per heavy atom. The third-order valence-electron chi connectivity index (χ3n) is 3.48. The van der Waals surface area contributed by atoms with Crippen molar-refractivity contribution in [1.82, 2.24) is 0 Å². The molecule has 1 heterocycles. The lowest BCUT2D eigenvalue weighted by molar-refractivity contribution is -0.118. The molecule has 0 aromatic heterocycles. The summed E-state index contributed by atoms with van der Waals surface area (Å²) in [5.41, 5.74) is 1.90. The molecule has 1 aromatic carbocycles. The Morgan fingerprint density at radius 2 is 2.05 bits per heavy atom. The van der Waals surface area contributed by atoms with Crippen LogP contribution in [0.5, 0.6) is 0 Å². The highest BCUT2D eigenvalue weighted by Crippen LogP contribution is 2.19. The molecule has 1 unspecified atom stereocenters. The minimum absolute atomic E-state index is 0.00868. The van der Waals surface area contributed by atoms with Gasteiger partial charge in [0.05, 0.1) is 0 Å². The van der Waals surface area contributed by atoms with E-state index in [1.165, 1.54) is 0 Å². The number of hydrogen-bond acceptors (Lipinski definition) is 3. The van der Waals surface area contributed by atoms with E-state index >= 15 is 0 Å². The number of anilines is 2. The molecule has 0 aliphatic carbocycles. The average molecular weight is 276 g/mol. The van der Waals surface area contributed by atoms with E-state index in [0.717, 1.165) is 43.9 Å². The molecule has 1 aliphatic rings. The molecule has 110 valence electrons. The van der Waals surface area contributed by atoms with Crippen molar-refractivity contribution in [3.63, 3.8) is 0 Å². The summed E-state index contributed by atoms with van der Waals surface area (Å²) in [6.45, 7) is 5.47. The van der Waals surface area contributed by atoms with Crippen LogP contribution < -0.4 is 10.6 Å². The standard InChI is InChI=1S/C16H24N2O2/c1-12(2)16(19)18-15-6-3-5-14(11-15)17-13-7-4-9-20-10-8-13/h3,5-6,11-13,17H,4,7-10H2,1-2H3,(H,18,19). The zero-order valence-electron chi connectivity index (χ0n) is 12.3. The maximum absolute atomic E-state index is 11.7. The molecule has 1 aliphatic heterocycles. The number of ether oxygens (including phenoxy) is 1. The van der Waals surface area contributed by atoms with Crippen molar-refractivity contribution in [3.8, 4) is 0 Å². The Hall–Kier alpha value is -1.55. The van der Waals surface area contributed by atoms with Gasteiger partial charge in [-0.2, -0.15) is 0 Å². The first-order valence-corrected chi connectivity index (χ1v) is 7.40. The van der Waals surface area contributed by atoms with Crippen LogP contribution in [0.25, 0.3) is 0 Å². The van der Waals surface area contributed by atoms with Gasteiger partial charge in [-0.3, -0.25) is 4.79 Å². The number of rotatable bonds is 4. The number of carbonyl (C=O) groups is 1. The first-order valence-electron chi connectivity index (χ1n) is 7.40. The smallest absolute Gasteiger partial charge is 0.226 e. The molecule has 1 fully saturated rings. The van der Waals surface area contributed by atoms with Crippen LogP contribution in [-0.2, 0) is 9.53 Å². The predicted octanol–water partition coefficient (Wildman–Crippen LogP) is 3.26. The molecule has 0 radical (unpaired) electrons. The lowest BCUT2D eigenvalue weighted by Gasteiger charge is -2.18. The molecular weight excluding hydrogens is 252 g/mol. The Bertz CT molecular complexity index is 438. The molecule has 0 saturated carbocycles. The number of benzene rings is 1. The quantitative estimate of drug-likeness (QED) is 0.887. The van der Waals surface area contributed by atoms with Crippen LogP contribution in [0.15, 0.2) is 24.3 Å². The fourth-order valence-corrected chi connectivity index (χ4v) is 2.26. The highest BCUT2D eigenvalue weighted by atomic mass is 16.5. The molecule has 20 heavy (non-hydrogen) atoms. The Labute approximate surface area is 120 Å². The van der Waals surface area contributed by atoms with Crippen molar-refractivity contribution < 1.29 is 9.53 Å². The molecule has 0 bridgehead atoms. The molecular formula is C16H24N2O2. The van der Waals surface area contributed by atoms with Gasteiger partial charge in [-0.15, -0.1) is 0 Å². The summed E-state index contributed by atoms with van der Waals surface area (Å²) >= 11 is 0. The van der Waals surface area contributed by atoms with Crippen LogP contribution in [0.1, 0.15) is 33.1 Å². The van der Waals surface area contributed by atoms with Crippen molar-refractivity contribution in [2.75, 3.05) is 23.8 Å². The molecule has 2 rings (SSSR count). The van der Waals surface area contributed by atoms with Gasteiger partial charge in [-0.05, 0) is 37.5 Å². The van der Waals surface area contributed by atoms with Gasteiger partial charge in [0.15, 0.2) is 0 Å². The Balaban J connectivity index is 1.96. The van der Waals surface area contributed by atoms with Gasteiger partial charge >= 0.3 is 0 Å². The maximum atomic E-state index is 11.7. The van der Waals surface area contributed by atoms with E-state index in [9.17, 15) is 4.79 Å². The molecule has 2 N–H and O–H groups in total. The zero-order chi connectivity index (χ0) is 14.4. The van der Waals surface area contributed by atoms with Gasteiger partial charge < -0.3 is 15.4 Å². The van der Waals surface area contributed by atoms with Gasteiger partial charge in [-0.1, -0.05) is 19.9 Å². The van der Waals surface area contributed by atoms with Crippen LogP contribution in [-0.4, -0.2) is 25.2 Å². The lowest BCUT2D eigenvalue weighted by Crippen LogP contribution is -2.20. The highest BCUT2D eigenvalue weighted by Gasteiger charge is 2.12. The van der Waals surface area contributed by atoms with Gasteiger partial charge in [0.1, 0.15) is 0 Å². The first kappa shape index (κ1) is 14.9. The Morgan fingerprint density at radius 3 is 2.85 bits per heavy atom. The van der Waals surface area contributed by atoms with Crippen LogP contribution in [0.4, 0.5) is 11.4 Å². The monoisotopic (exact) mass is 276 g/mol. The van der Waals surface area contributed by atoms with Crippen molar-refractivity contribution >= 4 is 17.3 Å². The summed E-state index contributed by atoms with van der Waals surface area (Å²) < 4.78 is 5.47. The second-order valence-electron chi connectivity index (χ2n) is 5.61. The summed E-state index contributed by atoms with van der Waals surface area (Å²) in [6, 6.07) is 8.37. The van der Waals surface area contributed by atoms with Gasteiger partial charge in [0.2, 0.25) is 5.91 Å². The van der Waals surface area contributed by atoms with Gasteiger partial charge in [0, 0.05) is 36.5 Å². The first-order chi connectivity index (χ1) is 9.65. The minimum Gasteiger partial charge on any atom is -0.382 e. The van der Waals surface area contributed by atoms with E-state index in [1.54, 1.807) is 0 Å². The fraction of sp³-hybridized carbons (Fsp3) is 0.562. The molecule has 0 spiro atoms. The molecule has 1 saturated heterocycles. The van der Waals surface area contributed by atoms with Crippen LogP contribution in [0, 0.1) is 5.92 Å². The van der Waals surface area contributed by atoms with Crippen LogP contribution >= 0.6 is 0 Å². The molecule has 1 atom stereocenters.